The molecular formula is C12H21NO. The molecule has 0 aromatic rings. The van der Waals surface area contributed by atoms with Crippen molar-refractivity contribution in [1.29, 1.82) is 0 Å². The average molecular weight is 195 g/mol. The van der Waals surface area contributed by atoms with Gasteiger partial charge in [0.2, 0.25) is 0 Å². The zero-order chi connectivity index (χ0) is 10.6. The maximum absolute atomic E-state index is 12.1. The van der Waals surface area contributed by atoms with E-state index in [9.17, 15) is 4.79 Å². The lowest BCUT2D eigenvalue weighted by Crippen LogP contribution is -2.32. The second-order valence-corrected chi connectivity index (χ2v) is 4.54. The summed E-state index contributed by atoms with van der Waals surface area (Å²) in [7, 11) is 0. The quantitative estimate of drug-likeness (QED) is 0.697. The van der Waals surface area contributed by atoms with Gasteiger partial charge in [-0.25, -0.2) is 0 Å². The molecule has 0 spiro atoms. The third kappa shape index (κ3) is 2.44. The summed E-state index contributed by atoms with van der Waals surface area (Å²) in [5, 5.41) is 3.30. The van der Waals surface area contributed by atoms with Crippen molar-refractivity contribution in [1.82, 2.24) is 5.32 Å². The highest BCUT2D eigenvalue weighted by Crippen LogP contribution is 2.32. The summed E-state index contributed by atoms with van der Waals surface area (Å²) in [5.74, 6) is 0.323. The number of allylic oxidation sites excluding steroid dienone is 2. The van der Waals surface area contributed by atoms with Crippen LogP contribution < -0.4 is 5.32 Å². The largest absolute Gasteiger partial charge is 0.316 e. The molecule has 1 N–H and O–H groups in total. The van der Waals surface area contributed by atoms with Crippen LogP contribution in [0.2, 0.25) is 0 Å². The van der Waals surface area contributed by atoms with E-state index in [1.165, 1.54) is 0 Å². The van der Waals surface area contributed by atoms with Crippen molar-refractivity contribution in [3.8, 4) is 0 Å². The molecule has 0 aliphatic carbocycles. The predicted molar refractivity (Wildman–Crippen MR) is 59.3 cm³/mol. The Balaban J connectivity index is 2.77. The highest BCUT2D eigenvalue weighted by atomic mass is 16.1. The number of hydrogen-bond acceptors (Lipinski definition) is 2. The summed E-state index contributed by atoms with van der Waals surface area (Å²) in [6.07, 6.45) is 4.92. The molecule has 0 aromatic heterocycles. The molecule has 1 rings (SSSR count). The van der Waals surface area contributed by atoms with Gasteiger partial charge >= 0.3 is 0 Å². The van der Waals surface area contributed by atoms with Crippen LogP contribution in [0.25, 0.3) is 0 Å². The average Bonchev–Trinajstić information content (AvgIpc) is 2.53. The van der Waals surface area contributed by atoms with Gasteiger partial charge in [-0.05, 0) is 39.3 Å². The van der Waals surface area contributed by atoms with E-state index in [1.54, 1.807) is 0 Å². The van der Waals surface area contributed by atoms with Crippen molar-refractivity contribution in [2.75, 3.05) is 13.1 Å². The van der Waals surface area contributed by atoms with E-state index in [1.807, 2.05) is 19.9 Å². The first-order valence-electron chi connectivity index (χ1n) is 5.51. The first-order chi connectivity index (χ1) is 6.60. The Morgan fingerprint density at radius 2 is 2.21 bits per heavy atom. The van der Waals surface area contributed by atoms with Gasteiger partial charge in [0.1, 0.15) is 0 Å². The first kappa shape index (κ1) is 11.4. The van der Waals surface area contributed by atoms with Crippen LogP contribution in [0, 0.1) is 5.41 Å². The van der Waals surface area contributed by atoms with Crippen LogP contribution in [0.4, 0.5) is 0 Å². The minimum absolute atomic E-state index is 0.0912. The van der Waals surface area contributed by atoms with Crippen LogP contribution in [0.5, 0.6) is 0 Å². The smallest absolute Gasteiger partial charge is 0.163 e. The first-order valence-corrected chi connectivity index (χ1v) is 5.51. The third-order valence-corrected chi connectivity index (χ3v) is 2.91. The minimum atomic E-state index is -0.0912. The van der Waals surface area contributed by atoms with E-state index >= 15 is 0 Å². The van der Waals surface area contributed by atoms with E-state index in [0.717, 1.165) is 37.9 Å². The molecule has 0 saturated carbocycles. The summed E-state index contributed by atoms with van der Waals surface area (Å²) in [6, 6.07) is 0. The molecule has 1 aliphatic heterocycles. The molecule has 1 fully saturated rings. The Kier molecular flexibility index (Phi) is 3.87. The standard InChI is InChI=1S/C12H21NO/c1-4-5-12(6-7-13-9-12)11(14)8-10(2)3/h8,13H,4-7,9H2,1-3H3. The monoisotopic (exact) mass is 195 g/mol. The normalized spacial score (nSPS) is 26.2. The van der Waals surface area contributed by atoms with Crippen LogP contribution in [0.15, 0.2) is 11.6 Å². The zero-order valence-corrected chi connectivity index (χ0v) is 9.52. The lowest BCUT2D eigenvalue weighted by molar-refractivity contribution is -0.123. The Labute approximate surface area is 86.8 Å². The molecule has 0 amide bonds. The molecule has 0 aromatic carbocycles. The van der Waals surface area contributed by atoms with Gasteiger partial charge in [0.25, 0.3) is 0 Å². The molecule has 2 heteroatoms. The Morgan fingerprint density at radius 1 is 1.50 bits per heavy atom. The maximum atomic E-state index is 12.1. The number of ketones is 1. The molecule has 2 nitrogen and oxygen atoms in total. The van der Waals surface area contributed by atoms with Gasteiger partial charge < -0.3 is 5.32 Å². The Hall–Kier alpha value is -0.630. The second-order valence-electron chi connectivity index (χ2n) is 4.54. The highest BCUT2D eigenvalue weighted by molar-refractivity contribution is 5.95. The van der Waals surface area contributed by atoms with Crippen molar-refractivity contribution >= 4 is 5.78 Å². The lowest BCUT2D eigenvalue weighted by Gasteiger charge is -2.24. The maximum Gasteiger partial charge on any atom is 0.163 e. The van der Waals surface area contributed by atoms with Crippen LogP contribution >= 0.6 is 0 Å². The van der Waals surface area contributed by atoms with Crippen molar-refractivity contribution in [2.24, 2.45) is 5.41 Å². The molecule has 1 saturated heterocycles. The van der Waals surface area contributed by atoms with Gasteiger partial charge in [-0.3, -0.25) is 4.79 Å². The van der Waals surface area contributed by atoms with Gasteiger partial charge in [-0.1, -0.05) is 18.9 Å². The second kappa shape index (κ2) is 4.74. The van der Waals surface area contributed by atoms with Crippen LogP contribution in [0.3, 0.4) is 0 Å². The summed E-state index contributed by atoms with van der Waals surface area (Å²) in [5.41, 5.74) is 1.02. The van der Waals surface area contributed by atoms with Crippen molar-refractivity contribution in [3.63, 3.8) is 0 Å². The molecule has 1 aliphatic rings. The fourth-order valence-electron chi connectivity index (χ4n) is 2.18. The molecule has 1 unspecified atom stereocenters. The summed E-state index contributed by atoms with van der Waals surface area (Å²) in [4.78, 5) is 12.1. The zero-order valence-electron chi connectivity index (χ0n) is 9.52. The SMILES string of the molecule is CCCC1(C(=O)C=C(C)C)CCNC1. The number of carbonyl (C=O) groups excluding carboxylic acids is 1. The van der Waals surface area contributed by atoms with Crippen LogP contribution in [0.1, 0.15) is 40.0 Å². The van der Waals surface area contributed by atoms with E-state index < -0.39 is 0 Å². The number of nitrogens with one attached hydrogen (secondary N) is 1. The predicted octanol–water partition coefficient (Wildman–Crippen LogP) is 2.30. The van der Waals surface area contributed by atoms with E-state index in [2.05, 4.69) is 12.2 Å². The molecule has 0 radical (unpaired) electrons. The summed E-state index contributed by atoms with van der Waals surface area (Å²) < 4.78 is 0. The van der Waals surface area contributed by atoms with E-state index in [0.29, 0.717) is 5.78 Å². The summed E-state index contributed by atoms with van der Waals surface area (Å²) in [6.45, 7) is 7.97. The lowest BCUT2D eigenvalue weighted by atomic mass is 9.78. The summed E-state index contributed by atoms with van der Waals surface area (Å²) >= 11 is 0. The molecule has 1 atom stereocenters. The van der Waals surface area contributed by atoms with Crippen molar-refractivity contribution in [2.45, 2.75) is 40.0 Å². The van der Waals surface area contributed by atoms with Gasteiger partial charge in [0.15, 0.2) is 5.78 Å². The molecule has 1 heterocycles. The minimum Gasteiger partial charge on any atom is -0.316 e. The van der Waals surface area contributed by atoms with Crippen LogP contribution in [-0.4, -0.2) is 18.9 Å². The Morgan fingerprint density at radius 3 is 2.64 bits per heavy atom. The van der Waals surface area contributed by atoms with Gasteiger partial charge in [0, 0.05) is 12.0 Å². The van der Waals surface area contributed by atoms with Gasteiger partial charge in [-0.2, -0.15) is 0 Å². The number of carbonyl (C=O) groups is 1. The molecule has 80 valence electrons. The van der Waals surface area contributed by atoms with Crippen molar-refractivity contribution in [3.05, 3.63) is 11.6 Å². The number of rotatable bonds is 4. The molecular weight excluding hydrogens is 174 g/mol. The highest BCUT2D eigenvalue weighted by Gasteiger charge is 2.38. The fourth-order valence-corrected chi connectivity index (χ4v) is 2.18. The Bertz CT molecular complexity index is 233. The topological polar surface area (TPSA) is 29.1 Å². The number of hydrogen-bond donors (Lipinski definition) is 1. The van der Waals surface area contributed by atoms with Gasteiger partial charge in [-0.15, -0.1) is 0 Å². The fraction of sp³-hybridized carbons (Fsp3) is 0.750. The van der Waals surface area contributed by atoms with E-state index in [-0.39, 0.29) is 5.41 Å². The third-order valence-electron chi connectivity index (χ3n) is 2.91. The van der Waals surface area contributed by atoms with E-state index in [4.69, 9.17) is 0 Å². The van der Waals surface area contributed by atoms with Gasteiger partial charge in [0.05, 0.1) is 0 Å². The molecule has 14 heavy (non-hydrogen) atoms. The van der Waals surface area contributed by atoms with Crippen molar-refractivity contribution < 1.29 is 4.79 Å². The van der Waals surface area contributed by atoms with Crippen LogP contribution in [-0.2, 0) is 4.79 Å². The molecule has 0 bridgehead atoms.